The van der Waals surface area contributed by atoms with Crippen molar-refractivity contribution in [2.24, 2.45) is 0 Å². The molecule has 0 fully saturated rings. The van der Waals surface area contributed by atoms with Crippen molar-refractivity contribution in [3.63, 3.8) is 0 Å². The van der Waals surface area contributed by atoms with Gasteiger partial charge >= 0.3 is 0 Å². The van der Waals surface area contributed by atoms with Crippen LogP contribution in [0.1, 0.15) is 22.3 Å². The molecule has 0 saturated carbocycles. The predicted molar refractivity (Wildman–Crippen MR) is 106 cm³/mol. The molecule has 4 heteroatoms. The summed E-state index contributed by atoms with van der Waals surface area (Å²) in [5.41, 5.74) is 5.15. The third kappa shape index (κ3) is 4.19. The molecule has 4 nitrogen and oxygen atoms in total. The minimum absolute atomic E-state index is 0.160. The molecule has 2 aromatic carbocycles. The molecule has 26 heavy (non-hydrogen) atoms. The minimum Gasteiger partial charge on any atom is -0.496 e. The van der Waals surface area contributed by atoms with E-state index < -0.39 is 0 Å². The molecule has 1 heterocycles. The van der Waals surface area contributed by atoms with Crippen molar-refractivity contribution in [2.45, 2.75) is 33.0 Å². The zero-order valence-corrected chi connectivity index (χ0v) is 16.6. The second-order valence-corrected chi connectivity index (χ2v) is 7.46. The maximum atomic E-state index is 6.32. The molecule has 0 amide bonds. The number of hydrogen-bond acceptors (Lipinski definition) is 4. The van der Waals surface area contributed by atoms with Crippen LogP contribution >= 0.6 is 0 Å². The average molecular weight is 354 g/mol. The lowest BCUT2D eigenvalue weighted by atomic mass is 10.0. The van der Waals surface area contributed by atoms with E-state index >= 15 is 0 Å². The number of nitrogens with zero attached hydrogens (tertiary/aromatic N) is 2. The van der Waals surface area contributed by atoms with E-state index in [1.165, 1.54) is 22.3 Å². The van der Waals surface area contributed by atoms with Crippen LogP contribution in [-0.2, 0) is 13.1 Å². The van der Waals surface area contributed by atoms with Gasteiger partial charge in [0, 0.05) is 31.7 Å². The van der Waals surface area contributed by atoms with Crippen LogP contribution in [-0.4, -0.2) is 50.2 Å². The van der Waals surface area contributed by atoms with Crippen LogP contribution in [0.5, 0.6) is 11.5 Å². The van der Waals surface area contributed by atoms with Crippen LogP contribution < -0.4 is 9.47 Å². The Morgan fingerprint density at radius 1 is 1.12 bits per heavy atom. The number of fused-ring (bicyclic) bond motifs is 1. The van der Waals surface area contributed by atoms with E-state index in [0.717, 1.165) is 37.7 Å². The van der Waals surface area contributed by atoms with Gasteiger partial charge in [0.25, 0.3) is 0 Å². The predicted octanol–water partition coefficient (Wildman–Crippen LogP) is 3.64. The molecule has 0 unspecified atom stereocenters. The van der Waals surface area contributed by atoms with Gasteiger partial charge in [0.15, 0.2) is 0 Å². The van der Waals surface area contributed by atoms with Gasteiger partial charge in [-0.15, -0.1) is 0 Å². The minimum atomic E-state index is 0.160. The molecule has 1 atom stereocenters. The molecule has 3 rings (SSSR count). The molecule has 2 aromatic rings. The molecule has 0 bridgehead atoms. The van der Waals surface area contributed by atoms with E-state index in [2.05, 4.69) is 74.1 Å². The summed E-state index contributed by atoms with van der Waals surface area (Å²) < 4.78 is 11.8. The highest BCUT2D eigenvalue weighted by Gasteiger charge is 2.24. The topological polar surface area (TPSA) is 24.9 Å². The van der Waals surface area contributed by atoms with Gasteiger partial charge in [0.2, 0.25) is 0 Å². The Kier molecular flexibility index (Phi) is 5.84. The van der Waals surface area contributed by atoms with Gasteiger partial charge in [-0.25, -0.2) is 0 Å². The summed E-state index contributed by atoms with van der Waals surface area (Å²) in [4.78, 5) is 4.69. The van der Waals surface area contributed by atoms with Crippen LogP contribution in [0, 0.1) is 13.8 Å². The zero-order chi connectivity index (χ0) is 18.7. The normalized spacial score (nSPS) is 17.5. The Hall–Kier alpha value is -2.04. The van der Waals surface area contributed by atoms with Crippen molar-refractivity contribution in [3.8, 4) is 11.5 Å². The number of hydrogen-bond donors (Lipinski definition) is 0. The number of likely N-dealkylation sites (N-methyl/N-ethyl adjacent to an activating group) is 1. The van der Waals surface area contributed by atoms with Crippen molar-refractivity contribution in [2.75, 3.05) is 34.3 Å². The third-order valence-electron chi connectivity index (χ3n) is 5.15. The number of methoxy groups -OCH3 is 1. The molecule has 1 aliphatic rings. The number of benzene rings is 2. The first-order chi connectivity index (χ1) is 12.5. The van der Waals surface area contributed by atoms with E-state index in [-0.39, 0.29) is 6.10 Å². The second-order valence-electron chi connectivity index (χ2n) is 7.46. The highest BCUT2D eigenvalue weighted by Crippen LogP contribution is 2.28. The van der Waals surface area contributed by atoms with Gasteiger partial charge in [-0.2, -0.15) is 0 Å². The smallest absolute Gasteiger partial charge is 0.124 e. The largest absolute Gasteiger partial charge is 0.496 e. The summed E-state index contributed by atoms with van der Waals surface area (Å²) in [6.45, 7) is 7.96. The lowest BCUT2D eigenvalue weighted by Gasteiger charge is -2.26. The summed E-state index contributed by atoms with van der Waals surface area (Å²) in [6.07, 6.45) is 0.160. The summed E-state index contributed by atoms with van der Waals surface area (Å²) in [7, 11) is 5.93. The van der Waals surface area contributed by atoms with E-state index in [0.29, 0.717) is 0 Å². The number of ether oxygens (including phenoxy) is 2. The van der Waals surface area contributed by atoms with Crippen molar-refractivity contribution in [1.29, 1.82) is 0 Å². The van der Waals surface area contributed by atoms with Gasteiger partial charge in [0.1, 0.15) is 17.6 Å². The maximum Gasteiger partial charge on any atom is 0.124 e. The van der Waals surface area contributed by atoms with Gasteiger partial charge < -0.3 is 14.4 Å². The monoisotopic (exact) mass is 354 g/mol. The Morgan fingerprint density at radius 2 is 1.88 bits per heavy atom. The van der Waals surface area contributed by atoms with Crippen molar-refractivity contribution in [1.82, 2.24) is 9.80 Å². The molecule has 0 aliphatic carbocycles. The van der Waals surface area contributed by atoms with E-state index in [9.17, 15) is 0 Å². The van der Waals surface area contributed by atoms with Crippen molar-refractivity contribution < 1.29 is 9.47 Å². The molecule has 1 aliphatic heterocycles. The van der Waals surface area contributed by atoms with Crippen molar-refractivity contribution in [3.05, 3.63) is 58.7 Å². The molecule has 0 aromatic heterocycles. The Bertz CT molecular complexity index is 758. The quantitative estimate of drug-likeness (QED) is 0.818. The lowest BCUT2D eigenvalue weighted by molar-refractivity contribution is 0.116. The fourth-order valence-electron chi connectivity index (χ4n) is 3.67. The first kappa shape index (κ1) is 18.7. The second kappa shape index (κ2) is 8.11. The number of para-hydroxylation sites is 1. The fraction of sp³-hybridized carbons (Fsp3) is 0.455. The number of rotatable bonds is 5. The standard InChI is InChI=1S/C22H30N2O2/c1-16-17(2)21(25-5)11-10-18(16)12-24-13-19-8-6-7-9-22(19)26-20(15-24)14-23(3)4/h6-11,20H,12-15H2,1-5H3/t20-/m0/s1. The van der Waals surface area contributed by atoms with E-state index in [4.69, 9.17) is 9.47 Å². The van der Waals surface area contributed by atoms with E-state index in [1.807, 2.05) is 0 Å². The zero-order valence-electron chi connectivity index (χ0n) is 16.6. The van der Waals surface area contributed by atoms with Crippen LogP contribution in [0.4, 0.5) is 0 Å². The van der Waals surface area contributed by atoms with Gasteiger partial charge in [-0.05, 0) is 56.8 Å². The first-order valence-corrected chi connectivity index (χ1v) is 9.22. The summed E-state index contributed by atoms with van der Waals surface area (Å²) >= 11 is 0. The molecular weight excluding hydrogens is 324 g/mol. The molecular formula is C22H30N2O2. The van der Waals surface area contributed by atoms with E-state index in [1.54, 1.807) is 7.11 Å². The highest BCUT2D eigenvalue weighted by atomic mass is 16.5. The maximum absolute atomic E-state index is 6.32. The van der Waals surface area contributed by atoms with Crippen LogP contribution in [0.3, 0.4) is 0 Å². The highest BCUT2D eigenvalue weighted by molar-refractivity contribution is 5.43. The summed E-state index contributed by atoms with van der Waals surface area (Å²) in [6, 6.07) is 12.7. The summed E-state index contributed by atoms with van der Waals surface area (Å²) in [5, 5.41) is 0. The molecule has 0 radical (unpaired) electrons. The summed E-state index contributed by atoms with van der Waals surface area (Å²) in [5.74, 6) is 1.98. The van der Waals surface area contributed by atoms with Crippen LogP contribution in [0.15, 0.2) is 36.4 Å². The Morgan fingerprint density at radius 3 is 2.62 bits per heavy atom. The fourth-order valence-corrected chi connectivity index (χ4v) is 3.67. The van der Waals surface area contributed by atoms with Gasteiger partial charge in [-0.1, -0.05) is 24.3 Å². The third-order valence-corrected chi connectivity index (χ3v) is 5.15. The average Bonchev–Trinajstić information content (AvgIpc) is 2.77. The Labute approximate surface area is 157 Å². The van der Waals surface area contributed by atoms with Crippen molar-refractivity contribution >= 4 is 0 Å². The molecule has 0 N–H and O–H groups in total. The lowest BCUT2D eigenvalue weighted by Crippen LogP contribution is -2.39. The molecule has 0 spiro atoms. The SMILES string of the molecule is COc1ccc(CN2Cc3ccccc3O[C@@H](CN(C)C)C2)c(C)c1C. The molecule has 140 valence electrons. The Balaban J connectivity index is 1.85. The van der Waals surface area contributed by atoms with Crippen LogP contribution in [0.2, 0.25) is 0 Å². The molecule has 0 saturated heterocycles. The van der Waals surface area contributed by atoms with Crippen LogP contribution in [0.25, 0.3) is 0 Å². The van der Waals surface area contributed by atoms with Gasteiger partial charge in [0.05, 0.1) is 7.11 Å². The first-order valence-electron chi connectivity index (χ1n) is 9.22. The van der Waals surface area contributed by atoms with Gasteiger partial charge in [-0.3, -0.25) is 4.90 Å².